The second-order valence-corrected chi connectivity index (χ2v) is 6.54. The summed E-state index contributed by atoms with van der Waals surface area (Å²) in [6.07, 6.45) is 2.21. The van der Waals surface area contributed by atoms with Gasteiger partial charge in [-0.3, -0.25) is 0 Å². The number of guanidine groups is 1. The maximum absolute atomic E-state index is 11.7. The number of rotatable bonds is 5. The summed E-state index contributed by atoms with van der Waals surface area (Å²) in [6.45, 7) is 0.553. The van der Waals surface area contributed by atoms with E-state index in [1.54, 1.807) is 17.4 Å². The minimum atomic E-state index is -0.453. The predicted octanol–water partition coefficient (Wildman–Crippen LogP) is 2.96. The first-order valence-corrected chi connectivity index (χ1v) is 8.55. The van der Waals surface area contributed by atoms with E-state index in [9.17, 15) is 9.90 Å². The zero-order chi connectivity index (χ0) is 16.9. The van der Waals surface area contributed by atoms with Gasteiger partial charge in [-0.2, -0.15) is 0 Å². The highest BCUT2D eigenvalue weighted by Crippen LogP contribution is 2.25. The van der Waals surface area contributed by atoms with Crippen molar-refractivity contribution in [2.24, 2.45) is 4.99 Å². The molecule has 0 atom stereocenters. The lowest BCUT2D eigenvalue weighted by molar-refractivity contribution is 0.0601. The van der Waals surface area contributed by atoms with E-state index in [1.807, 2.05) is 17.5 Å². The summed E-state index contributed by atoms with van der Waals surface area (Å²) in [4.78, 5) is 17.4. The van der Waals surface area contributed by atoms with Gasteiger partial charge in [0.2, 0.25) is 0 Å². The molecule has 1 heterocycles. The van der Waals surface area contributed by atoms with E-state index in [2.05, 4.69) is 15.6 Å². The molecule has 2 aromatic rings. The zero-order valence-corrected chi connectivity index (χ0v) is 14.1. The van der Waals surface area contributed by atoms with E-state index in [0.29, 0.717) is 29.8 Å². The van der Waals surface area contributed by atoms with Crippen molar-refractivity contribution in [2.75, 3.05) is 12.4 Å². The molecule has 0 unspecified atom stereocenters. The van der Waals surface area contributed by atoms with Gasteiger partial charge >= 0.3 is 5.97 Å². The van der Waals surface area contributed by atoms with Gasteiger partial charge in [-0.05, 0) is 42.5 Å². The number of hydrogen-bond donors (Lipinski definition) is 3. The van der Waals surface area contributed by atoms with Gasteiger partial charge in [0.15, 0.2) is 5.96 Å². The molecule has 0 aliphatic heterocycles. The number of methoxy groups -OCH3 is 1. The molecule has 24 heavy (non-hydrogen) atoms. The standard InChI is InChI=1S/C17H19N3O3S/c1-23-16(22)11-4-7-15(21)14(9-11)20-17(19-12-5-6-12)18-10-13-3-2-8-24-13/h2-4,7-9,12,21H,5-6,10H2,1H3,(H2,18,19,20). The molecular formula is C17H19N3O3S. The van der Waals surface area contributed by atoms with Crippen LogP contribution in [-0.2, 0) is 11.3 Å². The molecule has 1 aromatic carbocycles. The lowest BCUT2D eigenvalue weighted by atomic mass is 10.2. The first-order chi connectivity index (χ1) is 11.7. The fraction of sp³-hybridized carbons (Fsp3) is 0.294. The molecule has 3 N–H and O–H groups in total. The molecular weight excluding hydrogens is 326 g/mol. The molecule has 1 saturated carbocycles. The second kappa shape index (κ2) is 7.35. The van der Waals surface area contributed by atoms with Gasteiger partial charge in [-0.25, -0.2) is 9.79 Å². The molecule has 0 saturated heterocycles. The smallest absolute Gasteiger partial charge is 0.337 e. The average Bonchev–Trinajstić information content (AvgIpc) is 3.25. The fourth-order valence-electron chi connectivity index (χ4n) is 2.11. The lowest BCUT2D eigenvalue weighted by Gasteiger charge is -2.14. The van der Waals surface area contributed by atoms with Crippen LogP contribution < -0.4 is 10.6 Å². The number of aliphatic imine (C=N–C) groups is 1. The van der Waals surface area contributed by atoms with Crippen LogP contribution in [-0.4, -0.2) is 30.2 Å². The monoisotopic (exact) mass is 345 g/mol. The van der Waals surface area contributed by atoms with Crippen molar-refractivity contribution in [3.05, 3.63) is 46.2 Å². The van der Waals surface area contributed by atoms with Crippen molar-refractivity contribution in [2.45, 2.75) is 25.4 Å². The Kier molecular flexibility index (Phi) is 5.00. The highest BCUT2D eigenvalue weighted by atomic mass is 32.1. The summed E-state index contributed by atoms with van der Waals surface area (Å²) in [5, 5.41) is 18.5. The number of carbonyl (C=O) groups is 1. The van der Waals surface area contributed by atoms with Crippen LogP contribution in [0.5, 0.6) is 5.75 Å². The minimum absolute atomic E-state index is 0.0454. The number of nitrogens with one attached hydrogen (secondary N) is 2. The Morgan fingerprint density at radius 3 is 2.92 bits per heavy atom. The van der Waals surface area contributed by atoms with Gasteiger partial charge in [-0.15, -0.1) is 11.3 Å². The first-order valence-electron chi connectivity index (χ1n) is 7.67. The minimum Gasteiger partial charge on any atom is -0.506 e. The Morgan fingerprint density at radius 2 is 2.25 bits per heavy atom. The average molecular weight is 345 g/mol. The van der Waals surface area contributed by atoms with E-state index in [0.717, 1.165) is 17.7 Å². The topological polar surface area (TPSA) is 83.0 Å². The normalized spacial score (nSPS) is 14.3. The van der Waals surface area contributed by atoms with Gasteiger partial charge in [0.25, 0.3) is 0 Å². The largest absolute Gasteiger partial charge is 0.506 e. The molecule has 1 aliphatic rings. The third-order valence-electron chi connectivity index (χ3n) is 3.56. The summed E-state index contributed by atoms with van der Waals surface area (Å²) in [6, 6.07) is 8.95. The van der Waals surface area contributed by atoms with Crippen LogP contribution >= 0.6 is 11.3 Å². The number of phenols is 1. The van der Waals surface area contributed by atoms with Gasteiger partial charge in [0.05, 0.1) is 24.9 Å². The van der Waals surface area contributed by atoms with Crippen molar-refractivity contribution in [3.63, 3.8) is 0 Å². The van der Waals surface area contributed by atoms with Crippen molar-refractivity contribution in [1.29, 1.82) is 0 Å². The van der Waals surface area contributed by atoms with Crippen LogP contribution in [0.25, 0.3) is 0 Å². The van der Waals surface area contributed by atoms with E-state index < -0.39 is 5.97 Å². The molecule has 0 radical (unpaired) electrons. The molecule has 126 valence electrons. The first kappa shape index (κ1) is 16.3. The number of nitrogens with zero attached hydrogens (tertiary/aromatic N) is 1. The van der Waals surface area contributed by atoms with Crippen molar-refractivity contribution in [3.8, 4) is 5.75 Å². The maximum atomic E-state index is 11.7. The van der Waals surface area contributed by atoms with Gasteiger partial charge < -0.3 is 20.5 Å². The summed E-state index contributed by atoms with van der Waals surface area (Å²) in [5.74, 6) is 0.178. The Hall–Kier alpha value is -2.54. The lowest BCUT2D eigenvalue weighted by Crippen LogP contribution is -2.32. The summed E-state index contributed by atoms with van der Waals surface area (Å²) in [7, 11) is 1.32. The van der Waals surface area contributed by atoms with Gasteiger partial charge in [0, 0.05) is 10.9 Å². The molecule has 7 heteroatoms. The van der Waals surface area contributed by atoms with E-state index in [1.165, 1.54) is 19.2 Å². The van der Waals surface area contributed by atoms with E-state index >= 15 is 0 Å². The van der Waals surface area contributed by atoms with Crippen LogP contribution in [0, 0.1) is 0 Å². The number of esters is 1. The van der Waals surface area contributed by atoms with Gasteiger partial charge in [-0.1, -0.05) is 6.07 Å². The van der Waals surface area contributed by atoms with Crippen LogP contribution in [0.2, 0.25) is 0 Å². The number of thiophene rings is 1. The Labute approximate surface area is 144 Å². The predicted molar refractivity (Wildman–Crippen MR) is 94.7 cm³/mol. The summed E-state index contributed by atoms with van der Waals surface area (Å²) in [5.41, 5.74) is 0.776. The number of benzene rings is 1. The second-order valence-electron chi connectivity index (χ2n) is 5.51. The third-order valence-corrected chi connectivity index (χ3v) is 4.42. The molecule has 1 fully saturated rings. The van der Waals surface area contributed by atoms with Crippen LogP contribution in [0.4, 0.5) is 5.69 Å². The highest BCUT2D eigenvalue weighted by molar-refractivity contribution is 7.09. The summed E-state index contributed by atoms with van der Waals surface area (Å²) >= 11 is 1.64. The Bertz CT molecular complexity index is 740. The quantitative estimate of drug-likeness (QED) is 0.336. The number of hydrogen-bond acceptors (Lipinski definition) is 5. The molecule has 0 amide bonds. The highest BCUT2D eigenvalue weighted by Gasteiger charge is 2.23. The van der Waals surface area contributed by atoms with Crippen LogP contribution in [0.3, 0.4) is 0 Å². The van der Waals surface area contributed by atoms with E-state index in [-0.39, 0.29) is 5.75 Å². The molecule has 0 bridgehead atoms. The Balaban J connectivity index is 1.78. The zero-order valence-electron chi connectivity index (χ0n) is 13.3. The maximum Gasteiger partial charge on any atom is 0.337 e. The van der Waals surface area contributed by atoms with E-state index in [4.69, 9.17) is 4.74 Å². The number of carbonyl (C=O) groups excluding carboxylic acids is 1. The molecule has 1 aromatic heterocycles. The van der Waals surface area contributed by atoms with Crippen molar-refractivity contribution in [1.82, 2.24) is 5.32 Å². The summed E-state index contributed by atoms with van der Waals surface area (Å²) < 4.78 is 4.71. The van der Waals surface area contributed by atoms with Crippen molar-refractivity contribution >= 4 is 29.0 Å². The van der Waals surface area contributed by atoms with Crippen LogP contribution in [0.15, 0.2) is 40.7 Å². The number of ether oxygens (including phenoxy) is 1. The number of phenolic OH excluding ortho intramolecular Hbond substituents is 1. The van der Waals surface area contributed by atoms with Gasteiger partial charge in [0.1, 0.15) is 5.75 Å². The molecule has 6 nitrogen and oxygen atoms in total. The SMILES string of the molecule is COC(=O)c1ccc(O)c(NC(=NCc2cccs2)NC2CC2)c1. The van der Waals surface area contributed by atoms with Crippen molar-refractivity contribution < 1.29 is 14.6 Å². The number of aromatic hydroxyl groups is 1. The number of anilines is 1. The third kappa shape index (κ3) is 4.26. The Morgan fingerprint density at radius 1 is 1.42 bits per heavy atom. The van der Waals surface area contributed by atoms with Crippen LogP contribution in [0.1, 0.15) is 28.1 Å². The fourth-order valence-corrected chi connectivity index (χ4v) is 2.74. The molecule has 3 rings (SSSR count). The molecule has 1 aliphatic carbocycles. The molecule has 0 spiro atoms.